The van der Waals surface area contributed by atoms with Crippen LogP contribution < -0.4 is 4.72 Å². The summed E-state index contributed by atoms with van der Waals surface area (Å²) in [5.74, 6) is 0.311. The van der Waals surface area contributed by atoms with Gasteiger partial charge in [-0.05, 0) is 30.9 Å². The number of para-hydroxylation sites is 2. The summed E-state index contributed by atoms with van der Waals surface area (Å²) in [4.78, 5) is 0. The van der Waals surface area contributed by atoms with Crippen molar-refractivity contribution in [2.24, 2.45) is 5.92 Å². The Hall–Kier alpha value is -1.27. The van der Waals surface area contributed by atoms with E-state index in [0.717, 1.165) is 12.8 Å². The van der Waals surface area contributed by atoms with Crippen molar-refractivity contribution in [1.29, 1.82) is 0 Å². The van der Waals surface area contributed by atoms with Gasteiger partial charge in [0.25, 0.3) is 0 Å². The van der Waals surface area contributed by atoms with E-state index in [1.165, 1.54) is 10.4 Å². The van der Waals surface area contributed by atoms with Crippen LogP contribution in [-0.4, -0.2) is 30.9 Å². The molecule has 0 aromatic heterocycles. The number of benzene rings is 1. The summed E-state index contributed by atoms with van der Waals surface area (Å²) in [6, 6.07) is 6.32. The molecule has 100 valence electrons. The van der Waals surface area contributed by atoms with Gasteiger partial charge in [0.1, 0.15) is 5.75 Å². The summed E-state index contributed by atoms with van der Waals surface area (Å²) in [6.45, 7) is 3.11. The molecule has 1 heterocycles. The molecule has 1 fully saturated rings. The molecular weight excluding hydrogens is 252 g/mol. The third-order valence-electron chi connectivity index (χ3n) is 3.10. The number of nitrogens with one attached hydrogen (secondary N) is 1. The average molecular weight is 270 g/mol. The molecule has 1 atom stereocenters. The van der Waals surface area contributed by atoms with E-state index in [1.807, 2.05) is 6.92 Å². The van der Waals surface area contributed by atoms with Crippen molar-refractivity contribution in [3.05, 3.63) is 24.3 Å². The molecule has 1 aliphatic heterocycles. The quantitative estimate of drug-likeness (QED) is 0.823. The Bertz CT molecular complexity index is 516. The Morgan fingerprint density at radius 3 is 2.78 bits per heavy atom. The van der Waals surface area contributed by atoms with Crippen molar-refractivity contribution in [1.82, 2.24) is 4.31 Å². The summed E-state index contributed by atoms with van der Waals surface area (Å²) in [6.07, 6.45) is 1.94. The summed E-state index contributed by atoms with van der Waals surface area (Å²) < 4.78 is 28.2. The largest absolute Gasteiger partial charge is 0.506 e. The molecule has 18 heavy (non-hydrogen) atoms. The Morgan fingerprint density at radius 1 is 1.39 bits per heavy atom. The van der Waals surface area contributed by atoms with E-state index in [1.54, 1.807) is 18.2 Å². The van der Waals surface area contributed by atoms with Gasteiger partial charge in [0.15, 0.2) is 0 Å². The minimum atomic E-state index is -3.57. The highest BCUT2D eigenvalue weighted by Gasteiger charge is 2.27. The minimum Gasteiger partial charge on any atom is -0.506 e. The number of nitrogens with zero attached hydrogens (tertiary/aromatic N) is 1. The maximum atomic E-state index is 12.2. The molecule has 0 amide bonds. The highest BCUT2D eigenvalue weighted by atomic mass is 32.2. The van der Waals surface area contributed by atoms with E-state index in [9.17, 15) is 13.5 Å². The zero-order valence-electron chi connectivity index (χ0n) is 10.3. The molecule has 2 rings (SSSR count). The lowest BCUT2D eigenvalue weighted by Gasteiger charge is -2.30. The molecule has 0 aliphatic carbocycles. The zero-order chi connectivity index (χ0) is 13.2. The number of phenolic OH excluding ortho intramolecular Hbond substituents is 1. The van der Waals surface area contributed by atoms with Crippen LogP contribution in [0.2, 0.25) is 0 Å². The molecule has 1 aromatic rings. The van der Waals surface area contributed by atoms with Crippen molar-refractivity contribution in [2.45, 2.75) is 19.8 Å². The summed E-state index contributed by atoms with van der Waals surface area (Å²) in [5, 5.41) is 9.58. The number of hydrogen-bond acceptors (Lipinski definition) is 3. The molecular formula is C12H18N2O3S. The monoisotopic (exact) mass is 270 g/mol. The number of phenols is 1. The van der Waals surface area contributed by atoms with Crippen LogP contribution in [0.1, 0.15) is 19.8 Å². The fourth-order valence-corrected chi connectivity index (χ4v) is 3.53. The molecule has 5 nitrogen and oxygen atoms in total. The molecule has 0 spiro atoms. The molecule has 0 saturated carbocycles. The maximum Gasteiger partial charge on any atom is 0.301 e. The first kappa shape index (κ1) is 13.2. The summed E-state index contributed by atoms with van der Waals surface area (Å²) in [5.41, 5.74) is 0.218. The predicted octanol–water partition coefficient (Wildman–Crippen LogP) is 1.78. The zero-order valence-corrected chi connectivity index (χ0v) is 11.2. The number of aromatic hydroxyl groups is 1. The molecule has 1 saturated heterocycles. The van der Waals surface area contributed by atoms with Crippen LogP contribution in [0.15, 0.2) is 24.3 Å². The van der Waals surface area contributed by atoms with Gasteiger partial charge in [-0.2, -0.15) is 12.7 Å². The summed E-state index contributed by atoms with van der Waals surface area (Å²) in [7, 11) is -3.57. The second-order valence-electron chi connectivity index (χ2n) is 4.73. The van der Waals surface area contributed by atoms with Gasteiger partial charge in [0, 0.05) is 13.1 Å². The fourth-order valence-electron chi connectivity index (χ4n) is 2.13. The highest BCUT2D eigenvalue weighted by Crippen LogP contribution is 2.25. The van der Waals surface area contributed by atoms with Crippen LogP contribution in [0.4, 0.5) is 5.69 Å². The van der Waals surface area contributed by atoms with Crippen molar-refractivity contribution in [3.8, 4) is 5.75 Å². The standard InChI is InChI=1S/C12H18N2O3S/c1-10-5-4-8-14(9-10)18(16,17)13-11-6-2-3-7-12(11)15/h2-3,6-7,10,13,15H,4-5,8-9H2,1H3. The van der Waals surface area contributed by atoms with Crippen molar-refractivity contribution < 1.29 is 13.5 Å². The second-order valence-corrected chi connectivity index (χ2v) is 6.40. The van der Waals surface area contributed by atoms with Crippen LogP contribution in [0.25, 0.3) is 0 Å². The Labute approximate surface area is 108 Å². The van der Waals surface area contributed by atoms with E-state index in [2.05, 4.69) is 4.72 Å². The Kier molecular flexibility index (Phi) is 3.77. The normalized spacial score (nSPS) is 21.7. The van der Waals surface area contributed by atoms with E-state index in [4.69, 9.17) is 0 Å². The van der Waals surface area contributed by atoms with Crippen LogP contribution in [0.5, 0.6) is 5.75 Å². The van der Waals surface area contributed by atoms with Crippen LogP contribution in [0.3, 0.4) is 0 Å². The van der Waals surface area contributed by atoms with Gasteiger partial charge < -0.3 is 5.11 Å². The number of anilines is 1. The molecule has 1 aliphatic rings. The van der Waals surface area contributed by atoms with E-state index >= 15 is 0 Å². The maximum absolute atomic E-state index is 12.2. The minimum absolute atomic E-state index is 0.0638. The summed E-state index contributed by atoms with van der Waals surface area (Å²) >= 11 is 0. The third kappa shape index (κ3) is 2.94. The van der Waals surface area contributed by atoms with Gasteiger partial charge in [0.2, 0.25) is 0 Å². The SMILES string of the molecule is CC1CCCN(S(=O)(=O)Nc2ccccc2O)C1. The molecule has 0 radical (unpaired) electrons. The lowest BCUT2D eigenvalue weighted by atomic mass is 10.0. The predicted molar refractivity (Wildman–Crippen MR) is 70.6 cm³/mol. The molecule has 1 aromatic carbocycles. The molecule has 0 bridgehead atoms. The number of hydrogen-bond donors (Lipinski definition) is 2. The smallest absolute Gasteiger partial charge is 0.301 e. The van der Waals surface area contributed by atoms with E-state index in [-0.39, 0.29) is 11.4 Å². The van der Waals surface area contributed by atoms with Crippen LogP contribution in [-0.2, 0) is 10.2 Å². The van der Waals surface area contributed by atoms with Crippen molar-refractivity contribution >= 4 is 15.9 Å². The third-order valence-corrected chi connectivity index (χ3v) is 4.59. The Morgan fingerprint density at radius 2 is 2.11 bits per heavy atom. The Balaban J connectivity index is 2.14. The van der Waals surface area contributed by atoms with Gasteiger partial charge in [-0.3, -0.25) is 4.72 Å². The first-order valence-electron chi connectivity index (χ1n) is 6.05. The van der Waals surface area contributed by atoms with Gasteiger partial charge in [-0.1, -0.05) is 19.1 Å². The van der Waals surface area contributed by atoms with Crippen LogP contribution >= 0.6 is 0 Å². The van der Waals surface area contributed by atoms with Gasteiger partial charge in [-0.15, -0.1) is 0 Å². The number of piperidine rings is 1. The first-order valence-corrected chi connectivity index (χ1v) is 7.49. The molecule has 6 heteroatoms. The lowest BCUT2D eigenvalue weighted by Crippen LogP contribution is -2.42. The van der Waals surface area contributed by atoms with Crippen molar-refractivity contribution in [2.75, 3.05) is 17.8 Å². The lowest BCUT2D eigenvalue weighted by molar-refractivity contribution is 0.282. The van der Waals surface area contributed by atoms with Gasteiger partial charge in [0.05, 0.1) is 5.69 Å². The topological polar surface area (TPSA) is 69.6 Å². The second kappa shape index (κ2) is 5.16. The van der Waals surface area contributed by atoms with E-state index < -0.39 is 10.2 Å². The van der Waals surface area contributed by atoms with Crippen LogP contribution in [0, 0.1) is 5.92 Å². The molecule has 1 unspecified atom stereocenters. The first-order chi connectivity index (χ1) is 8.49. The van der Waals surface area contributed by atoms with Gasteiger partial charge in [-0.25, -0.2) is 0 Å². The number of rotatable bonds is 3. The fraction of sp³-hybridized carbons (Fsp3) is 0.500. The molecule has 2 N–H and O–H groups in total. The van der Waals surface area contributed by atoms with Gasteiger partial charge >= 0.3 is 10.2 Å². The average Bonchev–Trinajstić information content (AvgIpc) is 2.32. The highest BCUT2D eigenvalue weighted by molar-refractivity contribution is 7.90. The van der Waals surface area contributed by atoms with Crippen molar-refractivity contribution in [3.63, 3.8) is 0 Å². The van der Waals surface area contributed by atoms with E-state index in [0.29, 0.717) is 19.0 Å².